The predicted octanol–water partition coefficient (Wildman–Crippen LogP) is 3.37. The molecule has 9 heteroatoms. The SMILES string of the molecule is CCOC(=O)c1nn(-c2cccc(OC)c2)c(=O)c2c(NC(=O)C3CCC3)scc12. The molecule has 2 aromatic heterocycles. The number of aromatic nitrogens is 2. The van der Waals surface area contributed by atoms with Gasteiger partial charge in [-0.05, 0) is 31.9 Å². The van der Waals surface area contributed by atoms with E-state index in [2.05, 4.69) is 10.4 Å². The van der Waals surface area contributed by atoms with Gasteiger partial charge in [0.1, 0.15) is 10.8 Å². The molecule has 4 rings (SSSR count). The summed E-state index contributed by atoms with van der Waals surface area (Å²) < 4.78 is 11.5. The number of nitrogens with one attached hydrogen (secondary N) is 1. The number of nitrogens with zero attached hydrogens (tertiary/aromatic N) is 2. The second-order valence-corrected chi connectivity index (χ2v) is 7.84. The minimum atomic E-state index is -0.631. The average molecular weight is 427 g/mol. The van der Waals surface area contributed by atoms with Crippen molar-refractivity contribution in [3.05, 3.63) is 45.7 Å². The molecule has 0 aliphatic heterocycles. The zero-order valence-corrected chi connectivity index (χ0v) is 17.5. The number of carbonyl (C=O) groups excluding carboxylic acids is 2. The van der Waals surface area contributed by atoms with E-state index in [-0.39, 0.29) is 29.5 Å². The van der Waals surface area contributed by atoms with Crippen LogP contribution in [0.25, 0.3) is 16.5 Å². The number of anilines is 1. The fourth-order valence-electron chi connectivity index (χ4n) is 3.29. The van der Waals surface area contributed by atoms with Gasteiger partial charge in [0.15, 0.2) is 5.69 Å². The smallest absolute Gasteiger partial charge is 0.359 e. The van der Waals surface area contributed by atoms with Crippen molar-refractivity contribution in [1.29, 1.82) is 0 Å². The Morgan fingerprint density at radius 2 is 2.13 bits per heavy atom. The van der Waals surface area contributed by atoms with Gasteiger partial charge < -0.3 is 14.8 Å². The van der Waals surface area contributed by atoms with Crippen LogP contribution in [0.15, 0.2) is 34.4 Å². The maximum atomic E-state index is 13.3. The van der Waals surface area contributed by atoms with E-state index in [4.69, 9.17) is 9.47 Å². The van der Waals surface area contributed by atoms with E-state index in [1.165, 1.54) is 18.4 Å². The quantitative estimate of drug-likeness (QED) is 0.606. The Morgan fingerprint density at radius 3 is 2.80 bits per heavy atom. The van der Waals surface area contributed by atoms with Crippen LogP contribution in [0.2, 0.25) is 0 Å². The lowest BCUT2D eigenvalue weighted by atomic mass is 9.85. The molecule has 3 aromatic rings. The largest absolute Gasteiger partial charge is 0.497 e. The number of esters is 1. The summed E-state index contributed by atoms with van der Waals surface area (Å²) in [5, 5.41) is 9.84. The molecule has 1 amide bonds. The Labute approximate surface area is 176 Å². The summed E-state index contributed by atoms with van der Waals surface area (Å²) >= 11 is 1.20. The van der Waals surface area contributed by atoms with Gasteiger partial charge in [0, 0.05) is 22.8 Å². The van der Waals surface area contributed by atoms with E-state index in [0.29, 0.717) is 21.8 Å². The van der Waals surface area contributed by atoms with Crippen LogP contribution in [0, 0.1) is 5.92 Å². The van der Waals surface area contributed by atoms with Gasteiger partial charge in [0.25, 0.3) is 5.56 Å². The summed E-state index contributed by atoms with van der Waals surface area (Å²) in [6.45, 7) is 1.88. The minimum absolute atomic E-state index is 0.0228. The fourth-order valence-corrected chi connectivity index (χ4v) is 4.23. The van der Waals surface area contributed by atoms with Crippen LogP contribution < -0.4 is 15.6 Å². The molecule has 30 heavy (non-hydrogen) atoms. The highest BCUT2D eigenvalue weighted by Gasteiger charge is 2.28. The highest BCUT2D eigenvalue weighted by atomic mass is 32.1. The second kappa shape index (κ2) is 8.27. The third-order valence-corrected chi connectivity index (χ3v) is 6.03. The molecule has 0 atom stereocenters. The molecule has 1 aliphatic rings. The van der Waals surface area contributed by atoms with Gasteiger partial charge in [-0.25, -0.2) is 4.79 Å². The molecule has 0 unspecified atom stereocenters. The van der Waals surface area contributed by atoms with Crippen molar-refractivity contribution in [3.63, 3.8) is 0 Å². The first kappa shape index (κ1) is 20.1. The fraction of sp³-hybridized carbons (Fsp3) is 0.333. The predicted molar refractivity (Wildman–Crippen MR) is 114 cm³/mol. The molecule has 0 spiro atoms. The lowest BCUT2D eigenvalue weighted by Gasteiger charge is -2.23. The van der Waals surface area contributed by atoms with E-state index in [1.807, 2.05) is 0 Å². The molecule has 156 valence electrons. The summed E-state index contributed by atoms with van der Waals surface area (Å²) in [6.07, 6.45) is 2.72. The van der Waals surface area contributed by atoms with Gasteiger partial charge in [-0.2, -0.15) is 9.78 Å². The lowest BCUT2D eigenvalue weighted by molar-refractivity contribution is -0.122. The molecule has 0 radical (unpaired) electrons. The van der Waals surface area contributed by atoms with Gasteiger partial charge in [0.2, 0.25) is 5.91 Å². The zero-order valence-electron chi connectivity index (χ0n) is 16.6. The Bertz CT molecular complexity index is 1180. The molecule has 1 aromatic carbocycles. The number of amides is 1. The lowest BCUT2D eigenvalue weighted by Crippen LogP contribution is -2.29. The third-order valence-electron chi connectivity index (χ3n) is 5.13. The highest BCUT2D eigenvalue weighted by Crippen LogP contribution is 2.33. The van der Waals surface area contributed by atoms with Crippen molar-refractivity contribution in [2.24, 2.45) is 5.92 Å². The highest BCUT2D eigenvalue weighted by molar-refractivity contribution is 7.16. The molecule has 0 bridgehead atoms. The van der Waals surface area contributed by atoms with Crippen LogP contribution in [-0.2, 0) is 9.53 Å². The van der Waals surface area contributed by atoms with E-state index >= 15 is 0 Å². The van der Waals surface area contributed by atoms with E-state index < -0.39 is 11.5 Å². The van der Waals surface area contributed by atoms with Crippen molar-refractivity contribution in [2.45, 2.75) is 26.2 Å². The Hall–Kier alpha value is -3.20. The summed E-state index contributed by atoms with van der Waals surface area (Å²) in [5.41, 5.74) is 0.0281. The molecule has 8 nitrogen and oxygen atoms in total. The van der Waals surface area contributed by atoms with Gasteiger partial charge in [-0.15, -0.1) is 11.3 Å². The number of hydrogen-bond donors (Lipinski definition) is 1. The third kappa shape index (κ3) is 3.56. The van der Waals surface area contributed by atoms with Crippen LogP contribution >= 0.6 is 11.3 Å². The number of methoxy groups -OCH3 is 1. The van der Waals surface area contributed by atoms with E-state index in [9.17, 15) is 14.4 Å². The van der Waals surface area contributed by atoms with Gasteiger partial charge in [-0.1, -0.05) is 12.5 Å². The monoisotopic (exact) mass is 427 g/mol. The number of benzene rings is 1. The second-order valence-electron chi connectivity index (χ2n) is 6.96. The normalized spacial score (nSPS) is 13.7. The van der Waals surface area contributed by atoms with Crippen molar-refractivity contribution in [2.75, 3.05) is 19.0 Å². The molecule has 0 saturated heterocycles. The van der Waals surface area contributed by atoms with Crippen LogP contribution in [0.5, 0.6) is 5.75 Å². The standard InChI is InChI=1S/C21H21N3O5S/c1-3-29-21(27)17-15-11-30-19(22-18(25)12-6-4-7-12)16(15)20(26)24(23-17)13-8-5-9-14(10-13)28-2/h5,8-12H,3-4,6-7H2,1-2H3,(H,22,25). The molecule has 1 N–H and O–H groups in total. The van der Waals surface area contributed by atoms with Crippen molar-refractivity contribution in [1.82, 2.24) is 9.78 Å². The summed E-state index contributed by atoms with van der Waals surface area (Å²) in [7, 11) is 1.52. The van der Waals surface area contributed by atoms with Crippen LogP contribution in [0.1, 0.15) is 36.7 Å². The summed E-state index contributed by atoms with van der Waals surface area (Å²) in [4.78, 5) is 38.4. The molecule has 1 aliphatic carbocycles. The van der Waals surface area contributed by atoms with Gasteiger partial charge >= 0.3 is 5.97 Å². The van der Waals surface area contributed by atoms with Gasteiger partial charge in [0.05, 0.1) is 24.8 Å². The maximum Gasteiger partial charge on any atom is 0.359 e. The first-order valence-electron chi connectivity index (χ1n) is 9.70. The van der Waals surface area contributed by atoms with Crippen LogP contribution in [0.3, 0.4) is 0 Å². The van der Waals surface area contributed by atoms with E-state index in [1.54, 1.807) is 36.6 Å². The number of rotatable bonds is 6. The molecule has 1 saturated carbocycles. The Morgan fingerprint density at radius 1 is 1.33 bits per heavy atom. The zero-order chi connectivity index (χ0) is 21.3. The minimum Gasteiger partial charge on any atom is -0.497 e. The Kier molecular flexibility index (Phi) is 5.54. The molecule has 1 fully saturated rings. The average Bonchev–Trinajstić information content (AvgIpc) is 3.11. The van der Waals surface area contributed by atoms with Gasteiger partial charge in [-0.3, -0.25) is 9.59 Å². The summed E-state index contributed by atoms with van der Waals surface area (Å²) in [5.74, 6) is -0.224. The number of hydrogen-bond acceptors (Lipinski definition) is 7. The number of carbonyl (C=O) groups is 2. The number of thiophene rings is 1. The topological polar surface area (TPSA) is 99.5 Å². The van der Waals surface area contributed by atoms with Crippen molar-refractivity contribution >= 4 is 39.0 Å². The maximum absolute atomic E-state index is 13.3. The number of ether oxygens (including phenoxy) is 2. The molecular weight excluding hydrogens is 406 g/mol. The first-order chi connectivity index (χ1) is 14.5. The summed E-state index contributed by atoms with van der Waals surface area (Å²) in [6, 6.07) is 6.81. The van der Waals surface area contributed by atoms with Crippen molar-refractivity contribution in [3.8, 4) is 11.4 Å². The van der Waals surface area contributed by atoms with Crippen LogP contribution in [-0.4, -0.2) is 35.4 Å². The molecular formula is C21H21N3O5S. The van der Waals surface area contributed by atoms with Crippen molar-refractivity contribution < 1.29 is 19.1 Å². The Balaban J connectivity index is 1.89. The van der Waals surface area contributed by atoms with Crippen LogP contribution in [0.4, 0.5) is 5.00 Å². The first-order valence-corrected chi connectivity index (χ1v) is 10.6. The molecule has 2 heterocycles. The van der Waals surface area contributed by atoms with E-state index in [0.717, 1.165) is 23.9 Å². The number of fused-ring (bicyclic) bond motifs is 1.